The lowest BCUT2D eigenvalue weighted by atomic mass is 9.98. The molecule has 0 radical (unpaired) electrons. The van der Waals surface area contributed by atoms with E-state index >= 15 is 0 Å². The highest BCUT2D eigenvalue weighted by Crippen LogP contribution is 2.24. The monoisotopic (exact) mass is 270 g/mol. The van der Waals surface area contributed by atoms with Gasteiger partial charge in [0.25, 0.3) is 0 Å². The highest BCUT2D eigenvalue weighted by molar-refractivity contribution is 4.92. The Morgan fingerprint density at radius 1 is 1.26 bits per heavy atom. The number of aliphatic hydroxyl groups is 1. The maximum atomic E-state index is 9.65. The molecule has 2 N–H and O–H groups in total. The Kier molecular flexibility index (Phi) is 7.33. The molecule has 3 nitrogen and oxygen atoms in total. The van der Waals surface area contributed by atoms with Crippen molar-refractivity contribution in [3.8, 4) is 0 Å². The molecule has 1 rings (SSSR count). The Morgan fingerprint density at radius 2 is 1.95 bits per heavy atom. The Morgan fingerprint density at radius 3 is 2.42 bits per heavy atom. The topological polar surface area (TPSA) is 35.5 Å². The van der Waals surface area contributed by atoms with Gasteiger partial charge in [0.15, 0.2) is 0 Å². The number of aliphatic hydroxyl groups excluding tert-OH is 1. The maximum Gasteiger partial charge on any atom is 0.0611 e. The molecule has 1 unspecified atom stereocenters. The fourth-order valence-corrected chi connectivity index (χ4v) is 2.50. The first-order chi connectivity index (χ1) is 9.00. The largest absolute Gasteiger partial charge is 0.394 e. The van der Waals surface area contributed by atoms with Crippen molar-refractivity contribution in [1.82, 2.24) is 10.2 Å². The molecule has 0 bridgehead atoms. The molecule has 1 aliphatic rings. The maximum absolute atomic E-state index is 9.65. The number of hydrogen-bond donors (Lipinski definition) is 2. The number of rotatable bonds is 11. The van der Waals surface area contributed by atoms with E-state index in [0.717, 1.165) is 13.0 Å². The predicted molar refractivity (Wildman–Crippen MR) is 82.5 cm³/mol. The molecule has 0 aromatic rings. The SMILES string of the molecule is CCCCCN(CCC(C)(CO)NC1CC1)C(C)C. The molecular formula is C16H34N2O. The second kappa shape index (κ2) is 8.23. The minimum absolute atomic E-state index is 0.0982. The van der Waals surface area contributed by atoms with Gasteiger partial charge in [0, 0.05) is 24.2 Å². The fraction of sp³-hybridized carbons (Fsp3) is 1.00. The highest BCUT2D eigenvalue weighted by atomic mass is 16.3. The molecule has 0 aromatic carbocycles. The van der Waals surface area contributed by atoms with Gasteiger partial charge in [-0.3, -0.25) is 0 Å². The summed E-state index contributed by atoms with van der Waals surface area (Å²) >= 11 is 0. The summed E-state index contributed by atoms with van der Waals surface area (Å²) in [4.78, 5) is 2.55. The van der Waals surface area contributed by atoms with Crippen LogP contribution in [0, 0.1) is 0 Å². The van der Waals surface area contributed by atoms with Crippen molar-refractivity contribution >= 4 is 0 Å². The van der Waals surface area contributed by atoms with Crippen LogP contribution in [0.4, 0.5) is 0 Å². The first kappa shape index (κ1) is 16.9. The van der Waals surface area contributed by atoms with Crippen LogP contribution in [0.1, 0.15) is 66.2 Å². The lowest BCUT2D eigenvalue weighted by molar-refractivity contribution is 0.132. The third-order valence-electron chi connectivity index (χ3n) is 4.21. The standard InChI is InChI=1S/C16H34N2O/c1-5-6-7-11-18(14(2)3)12-10-16(4,13-19)17-15-8-9-15/h14-15,17,19H,5-13H2,1-4H3. The van der Waals surface area contributed by atoms with Gasteiger partial charge in [0.2, 0.25) is 0 Å². The minimum Gasteiger partial charge on any atom is -0.394 e. The summed E-state index contributed by atoms with van der Waals surface area (Å²) in [6.07, 6.45) is 7.48. The molecule has 1 fully saturated rings. The first-order valence-corrected chi connectivity index (χ1v) is 8.13. The van der Waals surface area contributed by atoms with Crippen LogP contribution in [0.5, 0.6) is 0 Å². The fourth-order valence-electron chi connectivity index (χ4n) is 2.50. The van der Waals surface area contributed by atoms with Crippen LogP contribution in [0.2, 0.25) is 0 Å². The second-order valence-electron chi connectivity index (χ2n) is 6.72. The van der Waals surface area contributed by atoms with Crippen LogP contribution in [0.25, 0.3) is 0 Å². The van der Waals surface area contributed by atoms with Crippen molar-refractivity contribution in [2.75, 3.05) is 19.7 Å². The molecule has 19 heavy (non-hydrogen) atoms. The third-order valence-corrected chi connectivity index (χ3v) is 4.21. The zero-order valence-corrected chi connectivity index (χ0v) is 13.4. The van der Waals surface area contributed by atoms with Crippen LogP contribution in [-0.4, -0.2) is 47.3 Å². The van der Waals surface area contributed by atoms with Crippen molar-refractivity contribution in [1.29, 1.82) is 0 Å². The molecular weight excluding hydrogens is 236 g/mol. The van der Waals surface area contributed by atoms with Gasteiger partial charge in [-0.25, -0.2) is 0 Å². The molecule has 1 atom stereocenters. The van der Waals surface area contributed by atoms with E-state index in [2.05, 4.69) is 37.9 Å². The minimum atomic E-state index is -0.0982. The first-order valence-electron chi connectivity index (χ1n) is 8.13. The van der Waals surface area contributed by atoms with Gasteiger partial charge in [-0.05, 0) is 53.0 Å². The van der Waals surface area contributed by atoms with Gasteiger partial charge < -0.3 is 15.3 Å². The second-order valence-corrected chi connectivity index (χ2v) is 6.72. The molecule has 0 aliphatic heterocycles. The molecule has 0 heterocycles. The summed E-state index contributed by atoms with van der Waals surface area (Å²) in [5.41, 5.74) is -0.0982. The Labute approximate surface area is 119 Å². The molecule has 3 heteroatoms. The van der Waals surface area contributed by atoms with Crippen LogP contribution in [-0.2, 0) is 0 Å². The van der Waals surface area contributed by atoms with Crippen LogP contribution >= 0.6 is 0 Å². The third kappa shape index (κ3) is 6.73. The van der Waals surface area contributed by atoms with Gasteiger partial charge in [0.05, 0.1) is 6.61 Å². The van der Waals surface area contributed by atoms with Crippen molar-refractivity contribution < 1.29 is 5.11 Å². The zero-order chi connectivity index (χ0) is 14.3. The Balaban J connectivity index is 2.34. The van der Waals surface area contributed by atoms with E-state index in [0.29, 0.717) is 12.1 Å². The van der Waals surface area contributed by atoms with E-state index in [1.54, 1.807) is 0 Å². The van der Waals surface area contributed by atoms with E-state index in [1.807, 2.05) is 0 Å². The van der Waals surface area contributed by atoms with E-state index < -0.39 is 0 Å². The van der Waals surface area contributed by atoms with Gasteiger partial charge >= 0.3 is 0 Å². The lowest BCUT2D eigenvalue weighted by Gasteiger charge is -2.34. The van der Waals surface area contributed by atoms with E-state index in [-0.39, 0.29) is 12.1 Å². The van der Waals surface area contributed by atoms with E-state index in [1.165, 1.54) is 38.6 Å². The Bertz CT molecular complexity index is 241. The van der Waals surface area contributed by atoms with Crippen molar-refractivity contribution in [3.63, 3.8) is 0 Å². The van der Waals surface area contributed by atoms with Crippen LogP contribution in [0.3, 0.4) is 0 Å². The van der Waals surface area contributed by atoms with Crippen molar-refractivity contribution in [2.24, 2.45) is 0 Å². The average molecular weight is 270 g/mol. The van der Waals surface area contributed by atoms with Gasteiger partial charge in [-0.1, -0.05) is 19.8 Å². The molecule has 0 amide bonds. The molecule has 114 valence electrons. The lowest BCUT2D eigenvalue weighted by Crippen LogP contribution is -2.49. The number of unbranched alkanes of at least 4 members (excludes halogenated alkanes) is 2. The predicted octanol–water partition coefficient (Wildman–Crippen LogP) is 2.78. The van der Waals surface area contributed by atoms with Crippen LogP contribution < -0.4 is 5.32 Å². The summed E-state index contributed by atoms with van der Waals surface area (Å²) in [5.74, 6) is 0. The number of hydrogen-bond acceptors (Lipinski definition) is 3. The quantitative estimate of drug-likeness (QED) is 0.567. The van der Waals surface area contributed by atoms with Gasteiger partial charge in [0.1, 0.15) is 0 Å². The normalized spacial score (nSPS) is 19.1. The molecule has 1 saturated carbocycles. The number of nitrogens with one attached hydrogen (secondary N) is 1. The van der Waals surface area contributed by atoms with Gasteiger partial charge in [-0.2, -0.15) is 0 Å². The van der Waals surface area contributed by atoms with Crippen LogP contribution in [0.15, 0.2) is 0 Å². The van der Waals surface area contributed by atoms with E-state index in [9.17, 15) is 5.11 Å². The molecule has 0 saturated heterocycles. The molecule has 0 spiro atoms. The summed E-state index contributed by atoms with van der Waals surface area (Å²) in [5, 5.41) is 13.2. The summed E-state index contributed by atoms with van der Waals surface area (Å²) in [6, 6.07) is 1.26. The number of nitrogens with zero attached hydrogens (tertiary/aromatic N) is 1. The summed E-state index contributed by atoms with van der Waals surface area (Å²) < 4.78 is 0. The zero-order valence-electron chi connectivity index (χ0n) is 13.4. The smallest absolute Gasteiger partial charge is 0.0611 e. The Hall–Kier alpha value is -0.120. The molecule has 0 aromatic heterocycles. The van der Waals surface area contributed by atoms with Crippen molar-refractivity contribution in [3.05, 3.63) is 0 Å². The van der Waals surface area contributed by atoms with Crippen molar-refractivity contribution in [2.45, 2.75) is 83.8 Å². The summed E-state index contributed by atoms with van der Waals surface area (Å²) in [6.45, 7) is 11.5. The van der Waals surface area contributed by atoms with E-state index in [4.69, 9.17) is 0 Å². The highest BCUT2D eigenvalue weighted by Gasteiger charge is 2.32. The average Bonchev–Trinajstić information content (AvgIpc) is 3.17. The van der Waals surface area contributed by atoms with Gasteiger partial charge in [-0.15, -0.1) is 0 Å². The molecule has 1 aliphatic carbocycles. The summed E-state index contributed by atoms with van der Waals surface area (Å²) in [7, 11) is 0.